The fourth-order valence-electron chi connectivity index (χ4n) is 2.67. The van der Waals surface area contributed by atoms with Gasteiger partial charge in [0.25, 0.3) is 0 Å². The summed E-state index contributed by atoms with van der Waals surface area (Å²) in [6, 6.07) is 10.4. The SMILES string of the molecule is N#Cc1cnc2ccccc2c1SC1CCCCC1. The van der Waals surface area contributed by atoms with Crippen molar-refractivity contribution in [1.82, 2.24) is 4.98 Å². The molecule has 0 saturated heterocycles. The lowest BCUT2D eigenvalue weighted by atomic mass is 10.0. The van der Waals surface area contributed by atoms with E-state index in [1.807, 2.05) is 30.0 Å². The number of nitriles is 1. The molecule has 2 aromatic rings. The second kappa shape index (κ2) is 5.63. The van der Waals surface area contributed by atoms with Crippen LogP contribution in [0, 0.1) is 11.3 Å². The van der Waals surface area contributed by atoms with Gasteiger partial charge in [0.15, 0.2) is 0 Å². The van der Waals surface area contributed by atoms with Crippen molar-refractivity contribution in [1.29, 1.82) is 5.26 Å². The molecule has 3 heteroatoms. The molecule has 1 heterocycles. The van der Waals surface area contributed by atoms with E-state index in [1.165, 1.54) is 32.1 Å². The van der Waals surface area contributed by atoms with Crippen molar-refractivity contribution in [3.05, 3.63) is 36.0 Å². The number of pyridine rings is 1. The average Bonchev–Trinajstić information content (AvgIpc) is 2.49. The van der Waals surface area contributed by atoms with Crippen molar-refractivity contribution in [2.24, 2.45) is 0 Å². The maximum atomic E-state index is 9.30. The standard InChI is InChI=1S/C16H16N2S/c17-10-12-11-18-15-9-5-4-8-14(15)16(12)19-13-6-2-1-3-7-13/h4-5,8-9,11,13H,1-3,6-7H2. The fourth-order valence-corrected chi connectivity index (χ4v) is 4.10. The molecular weight excluding hydrogens is 252 g/mol. The number of para-hydroxylation sites is 1. The summed E-state index contributed by atoms with van der Waals surface area (Å²) in [4.78, 5) is 5.49. The van der Waals surface area contributed by atoms with Gasteiger partial charge in [-0.1, -0.05) is 37.5 Å². The number of rotatable bonds is 2. The Morgan fingerprint density at radius 3 is 2.74 bits per heavy atom. The van der Waals surface area contributed by atoms with Gasteiger partial charge in [0, 0.05) is 21.7 Å². The normalized spacial score (nSPS) is 16.4. The Bertz CT molecular complexity index is 624. The van der Waals surface area contributed by atoms with Crippen LogP contribution < -0.4 is 0 Å². The zero-order chi connectivity index (χ0) is 13.1. The van der Waals surface area contributed by atoms with E-state index in [9.17, 15) is 5.26 Å². The van der Waals surface area contributed by atoms with Crippen molar-refractivity contribution >= 4 is 22.7 Å². The molecule has 2 nitrogen and oxygen atoms in total. The summed E-state index contributed by atoms with van der Waals surface area (Å²) in [5.74, 6) is 0. The van der Waals surface area contributed by atoms with E-state index in [-0.39, 0.29) is 0 Å². The average molecular weight is 268 g/mol. The van der Waals surface area contributed by atoms with Gasteiger partial charge < -0.3 is 0 Å². The number of hydrogen-bond donors (Lipinski definition) is 0. The van der Waals surface area contributed by atoms with E-state index in [4.69, 9.17) is 0 Å². The Morgan fingerprint density at radius 1 is 1.16 bits per heavy atom. The zero-order valence-electron chi connectivity index (χ0n) is 10.8. The molecule has 1 aromatic carbocycles. The molecule has 3 rings (SSSR count). The summed E-state index contributed by atoms with van der Waals surface area (Å²) in [5.41, 5.74) is 1.70. The predicted molar refractivity (Wildman–Crippen MR) is 79.2 cm³/mol. The monoisotopic (exact) mass is 268 g/mol. The topological polar surface area (TPSA) is 36.7 Å². The lowest BCUT2D eigenvalue weighted by Crippen LogP contribution is -2.08. The van der Waals surface area contributed by atoms with Gasteiger partial charge in [-0.25, -0.2) is 0 Å². The molecule has 0 spiro atoms. The molecular formula is C16H16N2S. The molecule has 1 aromatic heterocycles. The first-order valence-corrected chi connectivity index (χ1v) is 7.71. The lowest BCUT2D eigenvalue weighted by molar-refractivity contribution is 0.516. The highest BCUT2D eigenvalue weighted by atomic mass is 32.2. The van der Waals surface area contributed by atoms with Crippen LogP contribution in [0.4, 0.5) is 0 Å². The smallest absolute Gasteiger partial charge is 0.102 e. The molecule has 0 bridgehead atoms. The summed E-state index contributed by atoms with van der Waals surface area (Å²) in [7, 11) is 0. The number of nitrogens with zero attached hydrogens (tertiary/aromatic N) is 2. The minimum atomic E-state index is 0.659. The summed E-state index contributed by atoms with van der Waals surface area (Å²) < 4.78 is 0. The molecule has 0 atom stereocenters. The Labute approximate surface area is 117 Å². The molecule has 1 fully saturated rings. The van der Waals surface area contributed by atoms with Crippen molar-refractivity contribution in [3.8, 4) is 6.07 Å². The predicted octanol–water partition coefficient (Wildman–Crippen LogP) is 4.53. The molecule has 0 N–H and O–H groups in total. The molecule has 0 amide bonds. The van der Waals surface area contributed by atoms with Gasteiger partial charge in [0.2, 0.25) is 0 Å². The quantitative estimate of drug-likeness (QED) is 0.802. The molecule has 0 unspecified atom stereocenters. The van der Waals surface area contributed by atoms with Gasteiger partial charge in [0.05, 0.1) is 11.1 Å². The molecule has 96 valence electrons. The van der Waals surface area contributed by atoms with Gasteiger partial charge in [-0.3, -0.25) is 4.98 Å². The third kappa shape index (κ3) is 2.59. The van der Waals surface area contributed by atoms with Gasteiger partial charge in [0.1, 0.15) is 6.07 Å². The molecule has 1 aliphatic carbocycles. The number of fused-ring (bicyclic) bond motifs is 1. The molecule has 19 heavy (non-hydrogen) atoms. The first kappa shape index (κ1) is 12.5. The summed E-state index contributed by atoms with van der Waals surface area (Å²) in [6.45, 7) is 0. The fraction of sp³-hybridized carbons (Fsp3) is 0.375. The Hall–Kier alpha value is -1.53. The molecule has 1 aliphatic rings. The second-order valence-electron chi connectivity index (χ2n) is 5.01. The van der Waals surface area contributed by atoms with Gasteiger partial charge in [-0.2, -0.15) is 5.26 Å². The maximum absolute atomic E-state index is 9.30. The van der Waals surface area contributed by atoms with Crippen LogP contribution in [0.2, 0.25) is 0 Å². The van der Waals surface area contributed by atoms with Crippen LogP contribution in [0.5, 0.6) is 0 Å². The van der Waals surface area contributed by atoms with E-state index in [0.717, 1.165) is 15.8 Å². The van der Waals surface area contributed by atoms with E-state index >= 15 is 0 Å². The third-order valence-corrected chi connectivity index (χ3v) is 5.16. The lowest BCUT2D eigenvalue weighted by Gasteiger charge is -2.22. The summed E-state index contributed by atoms with van der Waals surface area (Å²) in [6.07, 6.45) is 8.26. The largest absolute Gasteiger partial charge is 0.255 e. The number of aromatic nitrogens is 1. The first-order valence-electron chi connectivity index (χ1n) is 6.83. The number of hydrogen-bond acceptors (Lipinski definition) is 3. The Balaban J connectivity index is 2.02. The van der Waals surface area contributed by atoms with Crippen LogP contribution in [0.15, 0.2) is 35.4 Å². The minimum Gasteiger partial charge on any atom is -0.255 e. The van der Waals surface area contributed by atoms with Crippen LogP contribution in [0.3, 0.4) is 0 Å². The number of thioether (sulfide) groups is 1. The zero-order valence-corrected chi connectivity index (χ0v) is 11.6. The minimum absolute atomic E-state index is 0.659. The van der Waals surface area contributed by atoms with Gasteiger partial charge in [-0.15, -0.1) is 11.8 Å². The summed E-state index contributed by atoms with van der Waals surface area (Å²) in [5, 5.41) is 11.1. The van der Waals surface area contributed by atoms with Crippen LogP contribution in [0.1, 0.15) is 37.7 Å². The third-order valence-electron chi connectivity index (χ3n) is 3.68. The van der Waals surface area contributed by atoms with E-state index in [0.29, 0.717) is 10.8 Å². The summed E-state index contributed by atoms with van der Waals surface area (Å²) >= 11 is 1.88. The number of benzene rings is 1. The second-order valence-corrected chi connectivity index (χ2v) is 6.32. The maximum Gasteiger partial charge on any atom is 0.102 e. The van der Waals surface area contributed by atoms with Crippen LogP contribution in [-0.4, -0.2) is 10.2 Å². The molecule has 0 radical (unpaired) electrons. The van der Waals surface area contributed by atoms with Crippen molar-refractivity contribution in [3.63, 3.8) is 0 Å². The van der Waals surface area contributed by atoms with Gasteiger partial charge in [-0.05, 0) is 18.9 Å². The van der Waals surface area contributed by atoms with Crippen molar-refractivity contribution < 1.29 is 0 Å². The van der Waals surface area contributed by atoms with Crippen LogP contribution >= 0.6 is 11.8 Å². The molecule has 1 saturated carbocycles. The highest BCUT2D eigenvalue weighted by Crippen LogP contribution is 2.38. The van der Waals surface area contributed by atoms with Crippen molar-refractivity contribution in [2.45, 2.75) is 42.2 Å². The van der Waals surface area contributed by atoms with E-state index in [1.54, 1.807) is 6.20 Å². The van der Waals surface area contributed by atoms with Crippen LogP contribution in [0.25, 0.3) is 10.9 Å². The Kier molecular flexibility index (Phi) is 3.70. The Morgan fingerprint density at radius 2 is 1.95 bits per heavy atom. The first-order chi connectivity index (χ1) is 9.38. The van der Waals surface area contributed by atoms with Crippen LogP contribution in [-0.2, 0) is 0 Å². The van der Waals surface area contributed by atoms with Crippen molar-refractivity contribution in [2.75, 3.05) is 0 Å². The van der Waals surface area contributed by atoms with Gasteiger partial charge >= 0.3 is 0 Å². The van der Waals surface area contributed by atoms with E-state index < -0.39 is 0 Å². The highest BCUT2D eigenvalue weighted by molar-refractivity contribution is 8.00. The highest BCUT2D eigenvalue weighted by Gasteiger charge is 2.18. The van der Waals surface area contributed by atoms with E-state index in [2.05, 4.69) is 17.1 Å². The molecule has 0 aliphatic heterocycles.